The number of nitrogens with two attached hydrogens (primary N) is 1. The largest absolute Gasteiger partial charge is 0.342 e. The summed E-state index contributed by atoms with van der Waals surface area (Å²) in [5.74, 6) is -1.19. The molecule has 2 aliphatic rings. The highest BCUT2D eigenvalue weighted by Crippen LogP contribution is 2.49. The van der Waals surface area contributed by atoms with Gasteiger partial charge in [-0.25, -0.2) is 8.78 Å². The third kappa shape index (κ3) is 3.19. The van der Waals surface area contributed by atoms with Gasteiger partial charge in [0.25, 0.3) is 0 Å². The van der Waals surface area contributed by atoms with Gasteiger partial charge < -0.3 is 10.6 Å². The number of hydrogen-bond donors (Lipinski definition) is 1. The Kier molecular flexibility index (Phi) is 4.84. The summed E-state index contributed by atoms with van der Waals surface area (Å²) in [5.41, 5.74) is 6.34. The van der Waals surface area contributed by atoms with Crippen molar-refractivity contribution < 1.29 is 13.6 Å². The standard InChI is InChI=1S/C15H18F2N2O.ClH/c16-13-2-1-10(5-14(13)17)11-6-12(11)15(20)19-4-3-9(7-18)8-19;/h1-2,5,9,11-12H,3-4,6-8,18H2;1H. The Balaban J connectivity index is 0.00000161. The molecule has 3 nitrogen and oxygen atoms in total. The zero-order chi connectivity index (χ0) is 14.3. The van der Waals surface area contributed by atoms with Crippen molar-refractivity contribution in [3.05, 3.63) is 35.4 Å². The van der Waals surface area contributed by atoms with Gasteiger partial charge in [-0.2, -0.15) is 0 Å². The number of carbonyl (C=O) groups excluding carboxylic acids is 1. The van der Waals surface area contributed by atoms with Gasteiger partial charge in [-0.05, 0) is 48.9 Å². The van der Waals surface area contributed by atoms with Crippen LogP contribution in [0.5, 0.6) is 0 Å². The van der Waals surface area contributed by atoms with Crippen LogP contribution in [-0.4, -0.2) is 30.4 Å². The molecule has 0 bridgehead atoms. The number of halogens is 3. The molecule has 1 aliphatic heterocycles. The summed E-state index contributed by atoms with van der Waals surface area (Å²) in [6.45, 7) is 2.11. The Morgan fingerprint density at radius 3 is 2.71 bits per heavy atom. The number of likely N-dealkylation sites (tertiary alicyclic amines) is 1. The molecule has 1 saturated heterocycles. The van der Waals surface area contributed by atoms with Crippen molar-refractivity contribution in [2.24, 2.45) is 17.6 Å². The molecule has 1 aromatic rings. The summed E-state index contributed by atoms with van der Waals surface area (Å²) in [6, 6.07) is 3.91. The number of hydrogen-bond acceptors (Lipinski definition) is 2. The van der Waals surface area contributed by atoms with E-state index >= 15 is 0 Å². The van der Waals surface area contributed by atoms with E-state index < -0.39 is 11.6 Å². The third-order valence-corrected chi connectivity index (χ3v) is 4.41. The lowest BCUT2D eigenvalue weighted by Gasteiger charge is -2.16. The molecule has 3 atom stereocenters. The fraction of sp³-hybridized carbons (Fsp3) is 0.533. The fourth-order valence-electron chi connectivity index (χ4n) is 3.04. The topological polar surface area (TPSA) is 46.3 Å². The average Bonchev–Trinajstić information content (AvgIpc) is 3.10. The van der Waals surface area contributed by atoms with Gasteiger partial charge in [0.2, 0.25) is 5.91 Å². The second-order valence-corrected chi connectivity index (χ2v) is 5.80. The number of rotatable bonds is 3. The molecule has 3 unspecified atom stereocenters. The highest BCUT2D eigenvalue weighted by atomic mass is 35.5. The number of carbonyl (C=O) groups is 1. The molecule has 2 N–H and O–H groups in total. The Morgan fingerprint density at radius 2 is 2.10 bits per heavy atom. The number of benzene rings is 1. The Labute approximate surface area is 128 Å². The summed E-state index contributed by atoms with van der Waals surface area (Å²) >= 11 is 0. The minimum Gasteiger partial charge on any atom is -0.342 e. The van der Waals surface area contributed by atoms with Crippen LogP contribution >= 0.6 is 12.4 Å². The van der Waals surface area contributed by atoms with Gasteiger partial charge in [0.05, 0.1) is 0 Å². The van der Waals surface area contributed by atoms with Gasteiger partial charge >= 0.3 is 0 Å². The van der Waals surface area contributed by atoms with Crippen LogP contribution in [0.25, 0.3) is 0 Å². The third-order valence-electron chi connectivity index (χ3n) is 4.41. The molecule has 6 heteroatoms. The Hall–Kier alpha value is -1.20. The molecule has 0 radical (unpaired) electrons. The monoisotopic (exact) mass is 316 g/mol. The molecule has 1 saturated carbocycles. The van der Waals surface area contributed by atoms with Crippen LogP contribution in [0.2, 0.25) is 0 Å². The minimum atomic E-state index is -0.845. The van der Waals surface area contributed by atoms with Crippen molar-refractivity contribution >= 4 is 18.3 Å². The summed E-state index contributed by atoms with van der Waals surface area (Å²) in [4.78, 5) is 14.2. The predicted molar refractivity (Wildman–Crippen MR) is 78.2 cm³/mol. The van der Waals surface area contributed by atoms with Crippen molar-refractivity contribution in [3.63, 3.8) is 0 Å². The van der Waals surface area contributed by atoms with Gasteiger partial charge in [0.15, 0.2) is 11.6 Å². The normalized spacial score (nSPS) is 27.4. The Bertz CT molecular complexity index is 540. The molecule has 116 valence electrons. The SMILES string of the molecule is Cl.NCC1CCN(C(=O)C2CC2c2ccc(F)c(F)c2)C1. The summed E-state index contributed by atoms with van der Waals surface area (Å²) < 4.78 is 26.1. The van der Waals surface area contributed by atoms with Crippen LogP contribution in [0.4, 0.5) is 8.78 Å². The van der Waals surface area contributed by atoms with Crippen molar-refractivity contribution in [2.75, 3.05) is 19.6 Å². The van der Waals surface area contributed by atoms with Crippen molar-refractivity contribution in [3.8, 4) is 0 Å². The quantitative estimate of drug-likeness (QED) is 0.930. The van der Waals surface area contributed by atoms with Crippen molar-refractivity contribution in [1.82, 2.24) is 4.90 Å². The van der Waals surface area contributed by atoms with Crippen LogP contribution < -0.4 is 5.73 Å². The molecule has 21 heavy (non-hydrogen) atoms. The van der Waals surface area contributed by atoms with Gasteiger partial charge in [0.1, 0.15) is 0 Å². The van der Waals surface area contributed by atoms with E-state index in [0.29, 0.717) is 12.5 Å². The smallest absolute Gasteiger partial charge is 0.226 e. The van der Waals surface area contributed by atoms with E-state index in [9.17, 15) is 13.6 Å². The molecule has 0 spiro atoms. The van der Waals surface area contributed by atoms with Crippen molar-refractivity contribution in [1.29, 1.82) is 0 Å². The fourth-order valence-corrected chi connectivity index (χ4v) is 3.04. The van der Waals surface area contributed by atoms with E-state index in [2.05, 4.69) is 0 Å². The van der Waals surface area contributed by atoms with Gasteiger partial charge in [0, 0.05) is 19.0 Å². The lowest BCUT2D eigenvalue weighted by atomic mass is 10.1. The zero-order valence-corrected chi connectivity index (χ0v) is 12.4. The van der Waals surface area contributed by atoms with Crippen LogP contribution in [0.3, 0.4) is 0 Å². The maximum atomic E-state index is 13.2. The van der Waals surface area contributed by atoms with Gasteiger partial charge in [-0.3, -0.25) is 4.79 Å². The van der Waals surface area contributed by atoms with E-state index in [1.807, 2.05) is 4.90 Å². The highest BCUT2D eigenvalue weighted by Gasteiger charge is 2.46. The second-order valence-electron chi connectivity index (χ2n) is 5.80. The van der Waals surface area contributed by atoms with E-state index in [0.717, 1.165) is 37.6 Å². The first-order valence-corrected chi connectivity index (χ1v) is 7.04. The molecule has 0 aromatic heterocycles. The first kappa shape index (κ1) is 16.2. The Morgan fingerprint density at radius 1 is 1.33 bits per heavy atom. The molecule has 1 aromatic carbocycles. The molecule has 3 rings (SSSR count). The summed E-state index contributed by atoms with van der Waals surface area (Å²) in [6.07, 6.45) is 1.69. The van der Waals surface area contributed by atoms with Crippen LogP contribution in [0.1, 0.15) is 24.3 Å². The van der Waals surface area contributed by atoms with Crippen LogP contribution in [0, 0.1) is 23.5 Å². The van der Waals surface area contributed by atoms with E-state index in [1.54, 1.807) is 6.07 Å². The maximum absolute atomic E-state index is 13.2. The second kappa shape index (κ2) is 6.28. The van der Waals surface area contributed by atoms with E-state index in [1.165, 1.54) is 6.07 Å². The predicted octanol–water partition coefficient (Wildman–Crippen LogP) is 2.30. The number of amides is 1. The van der Waals surface area contributed by atoms with Crippen LogP contribution in [0.15, 0.2) is 18.2 Å². The molecule has 1 aliphatic carbocycles. The molecular formula is C15H19ClF2N2O. The van der Waals surface area contributed by atoms with E-state index in [-0.39, 0.29) is 30.2 Å². The zero-order valence-electron chi connectivity index (χ0n) is 11.6. The average molecular weight is 317 g/mol. The molecule has 1 amide bonds. The van der Waals surface area contributed by atoms with Crippen LogP contribution in [-0.2, 0) is 4.79 Å². The highest BCUT2D eigenvalue weighted by molar-refractivity contribution is 5.85. The van der Waals surface area contributed by atoms with Gasteiger partial charge in [-0.15, -0.1) is 12.4 Å². The molecule has 2 fully saturated rings. The first-order valence-electron chi connectivity index (χ1n) is 7.04. The first-order chi connectivity index (χ1) is 9.60. The number of nitrogens with zero attached hydrogens (tertiary/aromatic N) is 1. The lowest BCUT2D eigenvalue weighted by molar-refractivity contribution is -0.131. The molecule has 1 heterocycles. The maximum Gasteiger partial charge on any atom is 0.226 e. The summed E-state index contributed by atoms with van der Waals surface area (Å²) in [7, 11) is 0. The van der Waals surface area contributed by atoms with E-state index in [4.69, 9.17) is 5.73 Å². The van der Waals surface area contributed by atoms with Crippen molar-refractivity contribution in [2.45, 2.75) is 18.8 Å². The lowest BCUT2D eigenvalue weighted by Crippen LogP contribution is -2.31. The summed E-state index contributed by atoms with van der Waals surface area (Å²) in [5, 5.41) is 0. The molecular weight excluding hydrogens is 298 g/mol. The minimum absolute atomic E-state index is 0. The van der Waals surface area contributed by atoms with Gasteiger partial charge in [-0.1, -0.05) is 6.07 Å².